The summed E-state index contributed by atoms with van der Waals surface area (Å²) in [6.45, 7) is 0. The van der Waals surface area contributed by atoms with E-state index in [9.17, 15) is 9.90 Å². The molecular weight excluding hydrogens is 210 g/mol. The van der Waals surface area contributed by atoms with Crippen molar-refractivity contribution in [1.29, 1.82) is 0 Å². The van der Waals surface area contributed by atoms with E-state index in [1.54, 1.807) is 6.20 Å². The second-order valence-electron chi connectivity index (χ2n) is 3.76. The first-order chi connectivity index (χ1) is 7.68. The molecule has 6 nitrogen and oxygen atoms in total. The van der Waals surface area contributed by atoms with E-state index in [1.165, 1.54) is 0 Å². The molecule has 3 rings (SSSR count). The maximum Gasteiger partial charge on any atom is 0.354 e. The van der Waals surface area contributed by atoms with Crippen molar-refractivity contribution in [2.75, 3.05) is 0 Å². The molecule has 6 heteroatoms. The predicted octanol–water partition coefficient (Wildman–Crippen LogP) is 0.692. The topological polar surface area (TPSA) is 102 Å². The highest BCUT2D eigenvalue weighted by Crippen LogP contribution is 2.38. The van der Waals surface area contributed by atoms with Crippen LogP contribution in [0.1, 0.15) is 27.8 Å². The lowest BCUT2D eigenvalue weighted by molar-refractivity contribution is 0.0682. The summed E-state index contributed by atoms with van der Waals surface area (Å²) in [4.78, 5) is 13.9. The molecule has 0 amide bonds. The number of carbonyl (C=O) groups is 1. The fraction of sp³-hybridized carbons (Fsp3) is 0.200. The van der Waals surface area contributed by atoms with Crippen molar-refractivity contribution in [1.82, 2.24) is 15.2 Å². The van der Waals surface area contributed by atoms with E-state index in [1.807, 2.05) is 6.07 Å². The molecule has 2 aromatic heterocycles. The molecule has 2 aromatic rings. The number of nitrogens with one attached hydrogen (secondary N) is 2. The minimum absolute atomic E-state index is 0.0330. The van der Waals surface area contributed by atoms with Crippen molar-refractivity contribution in [3.05, 3.63) is 29.2 Å². The van der Waals surface area contributed by atoms with E-state index in [4.69, 9.17) is 5.11 Å². The lowest BCUT2D eigenvalue weighted by atomic mass is 9.91. The summed E-state index contributed by atoms with van der Waals surface area (Å²) < 4.78 is 0. The van der Waals surface area contributed by atoms with Gasteiger partial charge in [-0.15, -0.1) is 0 Å². The average molecular weight is 219 g/mol. The quantitative estimate of drug-likeness (QED) is 0.566. The van der Waals surface area contributed by atoms with E-state index in [0.29, 0.717) is 17.7 Å². The lowest BCUT2D eigenvalue weighted by Crippen LogP contribution is -2.13. The molecule has 2 heterocycles. The summed E-state index contributed by atoms with van der Waals surface area (Å²) >= 11 is 0. The molecule has 0 fully saturated rings. The van der Waals surface area contributed by atoms with Crippen LogP contribution in [0.3, 0.4) is 0 Å². The lowest BCUT2D eigenvalue weighted by Gasteiger charge is -2.17. The molecule has 0 radical (unpaired) electrons. The van der Waals surface area contributed by atoms with Crippen LogP contribution < -0.4 is 0 Å². The highest BCUT2D eigenvalue weighted by atomic mass is 16.4. The summed E-state index contributed by atoms with van der Waals surface area (Å²) in [5, 5.41) is 25.3. The number of aromatic amines is 2. The Kier molecular flexibility index (Phi) is 1.69. The van der Waals surface area contributed by atoms with E-state index in [-0.39, 0.29) is 5.69 Å². The number of H-pyrrole nitrogens is 2. The minimum Gasteiger partial charge on any atom is -0.477 e. The molecule has 0 bridgehead atoms. The molecule has 16 heavy (non-hydrogen) atoms. The Labute approximate surface area is 89.9 Å². The number of fused-ring (bicyclic) bond motifs is 3. The first kappa shape index (κ1) is 9.17. The molecule has 82 valence electrons. The zero-order valence-electron chi connectivity index (χ0n) is 8.19. The Balaban J connectivity index is 2.27. The fourth-order valence-electron chi connectivity index (χ4n) is 2.13. The van der Waals surface area contributed by atoms with Crippen LogP contribution in [-0.2, 0) is 6.42 Å². The molecule has 4 N–H and O–H groups in total. The molecule has 1 atom stereocenters. The van der Waals surface area contributed by atoms with Gasteiger partial charge in [0.05, 0.1) is 6.10 Å². The van der Waals surface area contributed by atoms with Crippen LogP contribution in [0, 0.1) is 0 Å². The monoisotopic (exact) mass is 219 g/mol. The zero-order valence-corrected chi connectivity index (χ0v) is 8.19. The van der Waals surface area contributed by atoms with Gasteiger partial charge in [-0.3, -0.25) is 5.10 Å². The zero-order chi connectivity index (χ0) is 11.3. The largest absolute Gasteiger partial charge is 0.477 e. The van der Waals surface area contributed by atoms with E-state index < -0.39 is 12.1 Å². The molecule has 0 aromatic carbocycles. The third-order valence-electron chi connectivity index (χ3n) is 2.84. The van der Waals surface area contributed by atoms with Gasteiger partial charge in [0.1, 0.15) is 11.4 Å². The number of aromatic nitrogens is 3. The number of rotatable bonds is 1. The van der Waals surface area contributed by atoms with Crippen molar-refractivity contribution in [2.45, 2.75) is 12.5 Å². The SMILES string of the molecule is O=C(O)c1[nH]nc2c1C(O)Cc1[nH]ccc1-2. The average Bonchev–Trinajstić information content (AvgIpc) is 2.80. The summed E-state index contributed by atoms with van der Waals surface area (Å²) in [5.74, 6) is -1.10. The third-order valence-corrected chi connectivity index (χ3v) is 2.84. The van der Waals surface area contributed by atoms with Gasteiger partial charge in [-0.05, 0) is 6.07 Å². The Hall–Kier alpha value is -2.08. The summed E-state index contributed by atoms with van der Waals surface area (Å²) in [6.07, 6.45) is 1.31. The Morgan fingerprint density at radius 2 is 2.38 bits per heavy atom. The Morgan fingerprint density at radius 1 is 1.56 bits per heavy atom. The number of hydrogen-bond acceptors (Lipinski definition) is 3. The van der Waals surface area contributed by atoms with Crippen LogP contribution in [0.15, 0.2) is 12.3 Å². The summed E-state index contributed by atoms with van der Waals surface area (Å²) in [7, 11) is 0. The number of aliphatic hydroxyl groups excluding tert-OH is 1. The Bertz CT molecular complexity index is 570. The highest BCUT2D eigenvalue weighted by Gasteiger charge is 2.31. The van der Waals surface area contributed by atoms with Crippen LogP contribution in [0.25, 0.3) is 11.3 Å². The molecule has 0 saturated heterocycles. The van der Waals surface area contributed by atoms with Crippen molar-refractivity contribution in [2.24, 2.45) is 0 Å². The normalized spacial score (nSPS) is 17.9. The third kappa shape index (κ3) is 1.04. The number of nitrogens with zero attached hydrogens (tertiary/aromatic N) is 1. The molecule has 0 spiro atoms. The van der Waals surface area contributed by atoms with Gasteiger partial charge in [-0.25, -0.2) is 4.79 Å². The number of carboxylic acid groups (broad SMARTS) is 1. The Morgan fingerprint density at radius 3 is 3.12 bits per heavy atom. The molecule has 0 saturated carbocycles. The highest BCUT2D eigenvalue weighted by molar-refractivity contribution is 5.90. The first-order valence-corrected chi connectivity index (χ1v) is 4.84. The van der Waals surface area contributed by atoms with Crippen LogP contribution in [0.4, 0.5) is 0 Å². The van der Waals surface area contributed by atoms with Crippen molar-refractivity contribution < 1.29 is 15.0 Å². The summed E-state index contributed by atoms with van der Waals surface area (Å²) in [5.41, 5.74) is 2.59. The van der Waals surface area contributed by atoms with Gasteiger partial charge in [0.2, 0.25) is 0 Å². The number of aliphatic hydroxyl groups is 1. The van der Waals surface area contributed by atoms with Crippen LogP contribution in [-0.4, -0.2) is 31.4 Å². The van der Waals surface area contributed by atoms with Gasteiger partial charge in [0.15, 0.2) is 0 Å². The molecule has 1 aliphatic carbocycles. The van der Waals surface area contributed by atoms with Crippen LogP contribution in [0.5, 0.6) is 0 Å². The van der Waals surface area contributed by atoms with Gasteiger partial charge in [0.25, 0.3) is 0 Å². The second kappa shape index (κ2) is 2.96. The molecule has 0 aliphatic heterocycles. The maximum atomic E-state index is 10.9. The molecular formula is C10H9N3O3. The van der Waals surface area contributed by atoms with Crippen LogP contribution >= 0.6 is 0 Å². The van der Waals surface area contributed by atoms with Crippen molar-refractivity contribution in [3.63, 3.8) is 0 Å². The molecule has 1 aliphatic rings. The van der Waals surface area contributed by atoms with Crippen LogP contribution in [0.2, 0.25) is 0 Å². The van der Waals surface area contributed by atoms with Crippen molar-refractivity contribution in [3.8, 4) is 11.3 Å². The van der Waals surface area contributed by atoms with Gasteiger partial charge < -0.3 is 15.2 Å². The van der Waals surface area contributed by atoms with Gasteiger partial charge in [-0.2, -0.15) is 5.10 Å². The van der Waals surface area contributed by atoms with E-state index in [2.05, 4.69) is 15.2 Å². The van der Waals surface area contributed by atoms with E-state index in [0.717, 1.165) is 11.3 Å². The number of carboxylic acids is 1. The van der Waals surface area contributed by atoms with Gasteiger partial charge >= 0.3 is 5.97 Å². The minimum atomic E-state index is -1.10. The summed E-state index contributed by atoms with van der Waals surface area (Å²) in [6, 6.07) is 1.83. The smallest absolute Gasteiger partial charge is 0.354 e. The number of aromatic carboxylic acids is 1. The van der Waals surface area contributed by atoms with Gasteiger partial charge in [-0.1, -0.05) is 0 Å². The van der Waals surface area contributed by atoms with Gasteiger partial charge in [0, 0.05) is 29.4 Å². The first-order valence-electron chi connectivity index (χ1n) is 4.84. The number of hydrogen-bond donors (Lipinski definition) is 4. The maximum absolute atomic E-state index is 10.9. The molecule has 1 unspecified atom stereocenters. The standard InChI is InChI=1S/C10H9N3O3/c14-6-3-5-4(1-2-11-5)8-7(6)9(10(15)16)13-12-8/h1-2,6,11,14H,3H2,(H,12,13)(H,15,16). The fourth-order valence-corrected chi connectivity index (χ4v) is 2.13. The van der Waals surface area contributed by atoms with E-state index >= 15 is 0 Å². The second-order valence-corrected chi connectivity index (χ2v) is 3.76. The predicted molar refractivity (Wildman–Crippen MR) is 54.0 cm³/mol. The van der Waals surface area contributed by atoms with Crippen molar-refractivity contribution >= 4 is 5.97 Å².